The molecule has 0 spiro atoms. The molecule has 19 heavy (non-hydrogen) atoms. The third kappa shape index (κ3) is 3.05. The van der Waals surface area contributed by atoms with Gasteiger partial charge in [-0.15, -0.1) is 0 Å². The molecule has 0 unspecified atom stereocenters. The second-order valence-electron chi connectivity index (χ2n) is 3.68. The van der Waals surface area contributed by atoms with E-state index in [1.54, 1.807) is 0 Å². The van der Waals surface area contributed by atoms with Gasteiger partial charge in [-0.05, 0) is 12.1 Å². The molecular formula is C12H12O6S. The number of methoxy groups -OCH3 is 1. The quantitative estimate of drug-likeness (QED) is 0.606. The van der Waals surface area contributed by atoms with Crippen LogP contribution in [0, 0.1) is 0 Å². The normalized spacial score (nSPS) is 14.4. The molecule has 0 atom stereocenters. The molecule has 7 heteroatoms. The van der Waals surface area contributed by atoms with Crippen molar-refractivity contribution in [3.8, 4) is 11.5 Å². The van der Waals surface area contributed by atoms with Gasteiger partial charge in [0, 0.05) is 17.6 Å². The number of esters is 1. The number of benzene rings is 1. The minimum atomic E-state index is -3.72. The van der Waals surface area contributed by atoms with Gasteiger partial charge in [0.15, 0.2) is 21.3 Å². The molecule has 6 nitrogen and oxygen atoms in total. The van der Waals surface area contributed by atoms with Crippen molar-refractivity contribution in [2.45, 2.75) is 4.90 Å². The largest absolute Gasteiger partial charge is 0.486 e. The maximum Gasteiger partial charge on any atom is 0.331 e. The van der Waals surface area contributed by atoms with Crippen LogP contribution in [0.15, 0.2) is 34.6 Å². The van der Waals surface area contributed by atoms with Crippen LogP contribution in [0.3, 0.4) is 0 Å². The number of rotatable bonds is 3. The van der Waals surface area contributed by atoms with Crippen LogP contribution in [0.5, 0.6) is 11.5 Å². The smallest absolute Gasteiger partial charge is 0.331 e. The lowest BCUT2D eigenvalue weighted by Gasteiger charge is -2.18. The number of hydrogen-bond acceptors (Lipinski definition) is 6. The Morgan fingerprint density at radius 1 is 1.26 bits per heavy atom. The molecule has 1 aromatic rings. The summed E-state index contributed by atoms with van der Waals surface area (Å²) >= 11 is 0. The molecule has 0 N–H and O–H groups in total. The Morgan fingerprint density at radius 2 is 1.95 bits per heavy atom. The third-order valence-corrected chi connectivity index (χ3v) is 3.83. The fourth-order valence-corrected chi connectivity index (χ4v) is 2.47. The molecule has 0 bridgehead atoms. The van der Waals surface area contributed by atoms with E-state index < -0.39 is 15.8 Å². The van der Waals surface area contributed by atoms with Crippen LogP contribution in [0.25, 0.3) is 0 Å². The van der Waals surface area contributed by atoms with Crippen LogP contribution in [-0.2, 0) is 19.4 Å². The number of ether oxygens (including phenoxy) is 3. The lowest BCUT2D eigenvalue weighted by Crippen LogP contribution is -2.15. The van der Waals surface area contributed by atoms with Crippen molar-refractivity contribution in [3.05, 3.63) is 29.7 Å². The van der Waals surface area contributed by atoms with Crippen LogP contribution in [-0.4, -0.2) is 34.7 Å². The second kappa shape index (κ2) is 5.31. The molecule has 102 valence electrons. The lowest BCUT2D eigenvalue weighted by molar-refractivity contribution is -0.134. The first-order valence-electron chi connectivity index (χ1n) is 5.44. The summed E-state index contributed by atoms with van der Waals surface area (Å²) in [6.07, 6.45) is 0.853. The average Bonchev–Trinajstić information content (AvgIpc) is 2.44. The van der Waals surface area contributed by atoms with Crippen molar-refractivity contribution >= 4 is 15.8 Å². The maximum absolute atomic E-state index is 11.9. The molecule has 1 aliphatic rings. The van der Waals surface area contributed by atoms with Crippen LogP contribution >= 0.6 is 0 Å². The van der Waals surface area contributed by atoms with E-state index in [4.69, 9.17) is 9.47 Å². The zero-order valence-corrected chi connectivity index (χ0v) is 11.0. The summed E-state index contributed by atoms with van der Waals surface area (Å²) in [6, 6.07) is 4.28. The number of carbonyl (C=O) groups excluding carboxylic acids is 1. The molecule has 0 aliphatic carbocycles. The van der Waals surface area contributed by atoms with Gasteiger partial charge in [0.2, 0.25) is 0 Å². The molecule has 1 aliphatic heterocycles. The first-order chi connectivity index (χ1) is 9.03. The summed E-state index contributed by atoms with van der Waals surface area (Å²) in [5, 5.41) is 0.796. The first-order valence-corrected chi connectivity index (χ1v) is 6.98. The Labute approximate surface area is 110 Å². The topological polar surface area (TPSA) is 78.9 Å². The molecule has 2 rings (SSSR count). The van der Waals surface area contributed by atoms with Crippen LogP contribution in [0.2, 0.25) is 0 Å². The number of sulfone groups is 1. The second-order valence-corrected chi connectivity index (χ2v) is 5.51. The Bertz CT molecular complexity index is 617. The molecule has 0 radical (unpaired) electrons. The summed E-state index contributed by atoms with van der Waals surface area (Å²) in [5.41, 5.74) is 0. The Morgan fingerprint density at radius 3 is 2.63 bits per heavy atom. The van der Waals surface area contributed by atoms with Crippen molar-refractivity contribution in [2.24, 2.45) is 0 Å². The van der Waals surface area contributed by atoms with E-state index in [1.165, 1.54) is 25.3 Å². The Balaban J connectivity index is 2.31. The highest BCUT2D eigenvalue weighted by Gasteiger charge is 2.17. The number of carbonyl (C=O) groups is 1. The molecule has 1 heterocycles. The molecule has 0 saturated carbocycles. The van der Waals surface area contributed by atoms with E-state index in [0.29, 0.717) is 24.7 Å². The first kappa shape index (κ1) is 13.4. The van der Waals surface area contributed by atoms with Crippen molar-refractivity contribution in [1.82, 2.24) is 0 Å². The molecule has 1 aromatic carbocycles. The van der Waals surface area contributed by atoms with Gasteiger partial charge in [-0.25, -0.2) is 13.2 Å². The van der Waals surface area contributed by atoms with Gasteiger partial charge < -0.3 is 14.2 Å². The lowest BCUT2D eigenvalue weighted by atomic mass is 10.3. The predicted octanol–water partition coefficient (Wildman–Crippen LogP) is 0.918. The van der Waals surface area contributed by atoms with Crippen molar-refractivity contribution in [2.75, 3.05) is 20.3 Å². The highest BCUT2D eigenvalue weighted by molar-refractivity contribution is 7.94. The van der Waals surface area contributed by atoms with Gasteiger partial charge in [-0.3, -0.25) is 0 Å². The van der Waals surface area contributed by atoms with Crippen LogP contribution in [0.4, 0.5) is 0 Å². The summed E-state index contributed by atoms with van der Waals surface area (Å²) in [6.45, 7) is 0.801. The molecule has 0 aromatic heterocycles. The Hall–Kier alpha value is -2.02. The molecule has 0 saturated heterocycles. The zero-order valence-electron chi connectivity index (χ0n) is 10.2. The van der Waals surface area contributed by atoms with Gasteiger partial charge in [-0.1, -0.05) is 0 Å². The van der Waals surface area contributed by atoms with E-state index in [1.807, 2.05) is 0 Å². The van der Waals surface area contributed by atoms with Gasteiger partial charge in [0.25, 0.3) is 0 Å². The Kier molecular flexibility index (Phi) is 3.75. The van der Waals surface area contributed by atoms with Crippen LogP contribution in [0.1, 0.15) is 0 Å². The highest BCUT2D eigenvalue weighted by atomic mass is 32.2. The third-order valence-electron chi connectivity index (χ3n) is 2.43. The fraction of sp³-hybridized carbons (Fsp3) is 0.250. The molecule has 0 fully saturated rings. The predicted molar refractivity (Wildman–Crippen MR) is 65.8 cm³/mol. The van der Waals surface area contributed by atoms with E-state index in [9.17, 15) is 13.2 Å². The number of fused-ring (bicyclic) bond motifs is 1. The summed E-state index contributed by atoms with van der Waals surface area (Å²) in [7, 11) is -2.55. The summed E-state index contributed by atoms with van der Waals surface area (Å²) < 4.78 is 38.8. The van der Waals surface area contributed by atoms with E-state index in [0.717, 1.165) is 11.5 Å². The monoisotopic (exact) mass is 284 g/mol. The highest BCUT2D eigenvalue weighted by Crippen LogP contribution is 2.32. The summed E-state index contributed by atoms with van der Waals surface area (Å²) in [5.74, 6) is 0.141. The van der Waals surface area contributed by atoms with E-state index >= 15 is 0 Å². The maximum atomic E-state index is 11.9. The fourth-order valence-electron chi connectivity index (χ4n) is 1.49. The minimum Gasteiger partial charge on any atom is -0.486 e. The standard InChI is InChI=1S/C12H12O6S/c1-16-12(13)4-7-19(14,15)9-2-3-10-11(8-9)18-6-5-17-10/h2-4,7-8H,5-6H2,1H3/b7-4+. The summed E-state index contributed by atoms with van der Waals surface area (Å²) in [4.78, 5) is 10.9. The van der Waals surface area contributed by atoms with Crippen molar-refractivity contribution in [3.63, 3.8) is 0 Å². The molecular weight excluding hydrogens is 272 g/mol. The molecule has 0 amide bonds. The SMILES string of the molecule is COC(=O)/C=C/S(=O)(=O)c1ccc2c(c1)OCCO2. The minimum absolute atomic E-state index is 0.0249. The van der Waals surface area contributed by atoms with E-state index in [-0.39, 0.29) is 4.90 Å². The van der Waals surface area contributed by atoms with Crippen molar-refractivity contribution < 1.29 is 27.4 Å². The zero-order chi connectivity index (χ0) is 13.9. The van der Waals surface area contributed by atoms with Crippen LogP contribution < -0.4 is 9.47 Å². The van der Waals surface area contributed by atoms with Gasteiger partial charge in [0.1, 0.15) is 13.2 Å². The van der Waals surface area contributed by atoms with Gasteiger partial charge >= 0.3 is 5.97 Å². The average molecular weight is 284 g/mol. The van der Waals surface area contributed by atoms with E-state index in [2.05, 4.69) is 4.74 Å². The van der Waals surface area contributed by atoms with Gasteiger partial charge in [-0.2, -0.15) is 0 Å². The van der Waals surface area contributed by atoms with Crippen molar-refractivity contribution in [1.29, 1.82) is 0 Å². The van der Waals surface area contributed by atoms with Gasteiger partial charge in [0.05, 0.1) is 12.0 Å². The number of hydrogen-bond donors (Lipinski definition) is 0.